The van der Waals surface area contributed by atoms with Gasteiger partial charge in [-0.25, -0.2) is 0 Å². The Labute approximate surface area is 126 Å². The van der Waals surface area contributed by atoms with Crippen LogP contribution in [0.25, 0.3) is 0 Å². The van der Waals surface area contributed by atoms with E-state index in [-0.39, 0.29) is 11.9 Å². The van der Waals surface area contributed by atoms with E-state index >= 15 is 0 Å². The second-order valence-electron chi connectivity index (χ2n) is 5.33. The fraction of sp³-hybridized carbons (Fsp3) is 0.562. The van der Waals surface area contributed by atoms with Gasteiger partial charge in [0.2, 0.25) is 5.91 Å². The summed E-state index contributed by atoms with van der Waals surface area (Å²) < 4.78 is 10.6. The Morgan fingerprint density at radius 3 is 3.10 bits per heavy atom. The van der Waals surface area contributed by atoms with Gasteiger partial charge in [-0.1, -0.05) is 12.1 Å². The molecular formula is C16H24N2O3. The molecule has 0 spiro atoms. The fourth-order valence-electron chi connectivity index (χ4n) is 2.41. The molecule has 0 aliphatic carbocycles. The van der Waals surface area contributed by atoms with Crippen molar-refractivity contribution in [3.8, 4) is 5.75 Å². The number of ether oxygens (including phenoxy) is 2. The molecule has 1 heterocycles. The second-order valence-corrected chi connectivity index (χ2v) is 5.33. The number of aryl methyl sites for hydroxylation is 1. The predicted molar refractivity (Wildman–Crippen MR) is 81.7 cm³/mol. The highest BCUT2D eigenvalue weighted by Crippen LogP contribution is 2.18. The van der Waals surface area contributed by atoms with Gasteiger partial charge < -0.3 is 20.1 Å². The highest BCUT2D eigenvalue weighted by molar-refractivity contribution is 5.76. The number of rotatable bonds is 6. The summed E-state index contributed by atoms with van der Waals surface area (Å²) >= 11 is 0. The first-order valence-electron chi connectivity index (χ1n) is 7.40. The third kappa shape index (κ3) is 5.02. The number of carbonyl (C=O) groups is 1. The van der Waals surface area contributed by atoms with Gasteiger partial charge in [-0.05, 0) is 30.5 Å². The molecule has 0 bridgehead atoms. The summed E-state index contributed by atoms with van der Waals surface area (Å²) in [5.41, 5.74) is 2.28. The SMILES string of the molecule is COc1cc(CCNC(=O)CC2COCCN2)ccc1C. The minimum absolute atomic E-state index is 0.0667. The van der Waals surface area contributed by atoms with E-state index < -0.39 is 0 Å². The molecule has 1 aromatic carbocycles. The van der Waals surface area contributed by atoms with Gasteiger partial charge in [-0.15, -0.1) is 0 Å². The summed E-state index contributed by atoms with van der Waals surface area (Å²) in [5, 5.41) is 6.23. The van der Waals surface area contributed by atoms with Gasteiger partial charge in [0.25, 0.3) is 0 Å². The molecule has 2 rings (SSSR count). The van der Waals surface area contributed by atoms with Gasteiger partial charge in [0, 0.05) is 25.6 Å². The molecule has 116 valence electrons. The Bertz CT molecular complexity index is 471. The molecule has 1 aliphatic heterocycles. The van der Waals surface area contributed by atoms with Gasteiger partial charge in [-0.2, -0.15) is 0 Å². The van der Waals surface area contributed by atoms with E-state index in [0.717, 1.165) is 36.4 Å². The van der Waals surface area contributed by atoms with E-state index in [2.05, 4.69) is 16.7 Å². The molecule has 0 saturated carbocycles. The molecule has 1 aliphatic rings. The van der Waals surface area contributed by atoms with Crippen LogP contribution in [0.15, 0.2) is 18.2 Å². The molecule has 1 aromatic rings. The number of carbonyl (C=O) groups excluding carboxylic acids is 1. The average molecular weight is 292 g/mol. The highest BCUT2D eigenvalue weighted by Gasteiger charge is 2.16. The van der Waals surface area contributed by atoms with Crippen molar-refractivity contribution in [2.75, 3.05) is 33.4 Å². The molecule has 5 nitrogen and oxygen atoms in total. The molecule has 1 unspecified atom stereocenters. The van der Waals surface area contributed by atoms with Crippen LogP contribution in [0, 0.1) is 6.92 Å². The zero-order chi connectivity index (χ0) is 15.1. The Balaban J connectivity index is 1.72. The summed E-state index contributed by atoms with van der Waals surface area (Å²) in [6.45, 7) is 4.82. The van der Waals surface area contributed by atoms with Gasteiger partial charge in [0.05, 0.1) is 20.3 Å². The highest BCUT2D eigenvalue weighted by atomic mass is 16.5. The van der Waals surface area contributed by atoms with Crippen LogP contribution in [0.4, 0.5) is 0 Å². The molecule has 1 atom stereocenters. The van der Waals surface area contributed by atoms with E-state index in [1.807, 2.05) is 19.1 Å². The predicted octanol–water partition coefficient (Wildman–Crippen LogP) is 1.04. The van der Waals surface area contributed by atoms with Crippen molar-refractivity contribution in [2.45, 2.75) is 25.8 Å². The van der Waals surface area contributed by atoms with E-state index in [1.165, 1.54) is 0 Å². The van der Waals surface area contributed by atoms with Crippen LogP contribution in [0.1, 0.15) is 17.5 Å². The number of hydrogen-bond acceptors (Lipinski definition) is 4. The second kappa shape index (κ2) is 8.00. The van der Waals surface area contributed by atoms with Crippen molar-refractivity contribution in [3.05, 3.63) is 29.3 Å². The molecule has 21 heavy (non-hydrogen) atoms. The zero-order valence-electron chi connectivity index (χ0n) is 12.8. The quantitative estimate of drug-likeness (QED) is 0.822. The van der Waals surface area contributed by atoms with Crippen LogP contribution in [-0.4, -0.2) is 45.4 Å². The largest absolute Gasteiger partial charge is 0.496 e. The Kier molecular flexibility index (Phi) is 6.02. The maximum Gasteiger partial charge on any atom is 0.221 e. The first kappa shape index (κ1) is 15.8. The summed E-state index contributed by atoms with van der Waals surface area (Å²) in [6.07, 6.45) is 1.27. The number of methoxy groups -OCH3 is 1. The van der Waals surface area contributed by atoms with Gasteiger partial charge >= 0.3 is 0 Å². The maximum atomic E-state index is 11.8. The van der Waals surface area contributed by atoms with Crippen LogP contribution in [0.3, 0.4) is 0 Å². The number of morpholine rings is 1. The number of amides is 1. The zero-order valence-corrected chi connectivity index (χ0v) is 12.8. The van der Waals surface area contributed by atoms with E-state index in [0.29, 0.717) is 19.6 Å². The molecule has 1 amide bonds. The average Bonchev–Trinajstić information content (AvgIpc) is 2.50. The summed E-state index contributed by atoms with van der Waals surface area (Å²) in [6, 6.07) is 6.27. The molecule has 2 N–H and O–H groups in total. The molecule has 1 saturated heterocycles. The lowest BCUT2D eigenvalue weighted by Gasteiger charge is -2.23. The number of nitrogens with one attached hydrogen (secondary N) is 2. The normalized spacial score (nSPS) is 18.3. The van der Waals surface area contributed by atoms with Gasteiger partial charge in [-0.3, -0.25) is 4.79 Å². The lowest BCUT2D eigenvalue weighted by atomic mass is 10.1. The van der Waals surface area contributed by atoms with Gasteiger partial charge in [0.15, 0.2) is 0 Å². The fourth-order valence-corrected chi connectivity index (χ4v) is 2.41. The van der Waals surface area contributed by atoms with E-state index in [4.69, 9.17) is 9.47 Å². The van der Waals surface area contributed by atoms with Crippen LogP contribution >= 0.6 is 0 Å². The van der Waals surface area contributed by atoms with Gasteiger partial charge in [0.1, 0.15) is 5.75 Å². The minimum atomic E-state index is 0.0667. The van der Waals surface area contributed by atoms with E-state index in [1.54, 1.807) is 7.11 Å². The standard InChI is InChI=1S/C16H24N2O3/c1-12-3-4-13(9-15(12)20-2)5-6-18-16(19)10-14-11-21-8-7-17-14/h3-4,9,14,17H,5-8,10-11H2,1-2H3,(H,18,19). The number of benzene rings is 1. The van der Waals surface area contributed by atoms with E-state index in [9.17, 15) is 4.79 Å². The Morgan fingerprint density at radius 1 is 1.52 bits per heavy atom. The summed E-state index contributed by atoms with van der Waals surface area (Å²) in [7, 11) is 1.67. The van der Waals surface area contributed by atoms with Crippen LogP contribution in [0.5, 0.6) is 5.75 Å². The molecule has 0 radical (unpaired) electrons. The van der Waals surface area contributed by atoms with Crippen LogP contribution in [-0.2, 0) is 16.0 Å². The monoisotopic (exact) mass is 292 g/mol. The molecule has 1 fully saturated rings. The lowest BCUT2D eigenvalue weighted by Crippen LogP contribution is -2.44. The van der Waals surface area contributed by atoms with Crippen LogP contribution < -0.4 is 15.4 Å². The first-order chi connectivity index (χ1) is 10.2. The smallest absolute Gasteiger partial charge is 0.221 e. The lowest BCUT2D eigenvalue weighted by molar-refractivity contribution is -0.122. The van der Waals surface area contributed by atoms with Crippen molar-refractivity contribution in [3.63, 3.8) is 0 Å². The topological polar surface area (TPSA) is 59.6 Å². The van der Waals surface area contributed by atoms with Crippen molar-refractivity contribution < 1.29 is 14.3 Å². The molecule has 0 aromatic heterocycles. The Hall–Kier alpha value is -1.59. The minimum Gasteiger partial charge on any atom is -0.496 e. The molecular weight excluding hydrogens is 268 g/mol. The third-order valence-electron chi connectivity index (χ3n) is 3.64. The maximum absolute atomic E-state index is 11.8. The van der Waals surface area contributed by atoms with Crippen molar-refractivity contribution in [2.24, 2.45) is 0 Å². The van der Waals surface area contributed by atoms with Crippen molar-refractivity contribution in [1.29, 1.82) is 0 Å². The van der Waals surface area contributed by atoms with Crippen LogP contribution in [0.2, 0.25) is 0 Å². The summed E-state index contributed by atoms with van der Waals surface area (Å²) in [4.78, 5) is 11.8. The number of hydrogen-bond donors (Lipinski definition) is 2. The first-order valence-corrected chi connectivity index (χ1v) is 7.40. The van der Waals surface area contributed by atoms with Crippen molar-refractivity contribution >= 4 is 5.91 Å². The molecule has 5 heteroatoms. The Morgan fingerprint density at radius 2 is 2.38 bits per heavy atom. The summed E-state index contributed by atoms with van der Waals surface area (Å²) in [5.74, 6) is 0.958. The van der Waals surface area contributed by atoms with Crippen molar-refractivity contribution in [1.82, 2.24) is 10.6 Å². The third-order valence-corrected chi connectivity index (χ3v) is 3.64.